The van der Waals surface area contributed by atoms with Crippen molar-refractivity contribution in [2.24, 2.45) is 0 Å². The second-order valence-corrected chi connectivity index (χ2v) is 0.544. The first-order valence-corrected chi connectivity index (χ1v) is 1.28. The Morgan fingerprint density at radius 3 is 1.80 bits per heavy atom. The Kier molecular flexibility index (Phi) is 16.3. The van der Waals surface area contributed by atoms with Gasteiger partial charge in [-0.1, -0.05) is 12.2 Å². The van der Waals surface area contributed by atoms with E-state index in [-0.39, 0.29) is 29.6 Å². The van der Waals surface area contributed by atoms with Gasteiger partial charge in [0.05, 0.1) is 0 Å². The summed E-state index contributed by atoms with van der Waals surface area (Å²) in [5.74, 6) is 0. The molecule has 3 heteroatoms. The molecule has 0 aliphatic rings. The van der Waals surface area contributed by atoms with Gasteiger partial charge in [0.15, 0.2) is 6.29 Å². The number of thiocarbonyl (C=S) groups is 1. The maximum absolute atomic E-state index is 9.01. The van der Waals surface area contributed by atoms with Gasteiger partial charge >= 0.3 is 29.6 Å². The minimum absolute atomic E-state index is 0. The fraction of sp³-hybridized carbons (Fsp3) is 0. The van der Waals surface area contributed by atoms with Crippen LogP contribution in [0.25, 0.3) is 0 Å². The normalized spacial score (nSPS) is 4.00. The molecule has 0 unspecified atom stereocenters. The van der Waals surface area contributed by atoms with Crippen LogP contribution in [0.1, 0.15) is 0 Å². The zero-order chi connectivity index (χ0) is 3.41. The summed E-state index contributed by atoms with van der Waals surface area (Å²) in [6.07, 6.45) is 0.565. The summed E-state index contributed by atoms with van der Waals surface area (Å²) in [7, 11) is 0. The van der Waals surface area contributed by atoms with Crippen LogP contribution in [0.3, 0.4) is 0 Å². The third-order valence-corrected chi connectivity index (χ3v) is 0.167. The van der Waals surface area contributed by atoms with Crippen LogP contribution in [0.5, 0.6) is 0 Å². The molecule has 0 spiro atoms. The van der Waals surface area contributed by atoms with E-state index in [4.69, 9.17) is 4.79 Å². The van der Waals surface area contributed by atoms with Crippen LogP contribution in [-0.2, 0) is 4.79 Å². The Balaban J connectivity index is 0. The molecule has 0 N–H and O–H groups in total. The Hall–Kier alpha value is 0.760. The van der Waals surface area contributed by atoms with Crippen LogP contribution < -0.4 is 0 Å². The standard InChI is InChI=1S/C2H2OS.Na.H/c3-1-2-4;;/h1-2H;;. The van der Waals surface area contributed by atoms with Gasteiger partial charge in [-0.05, 0) is 0 Å². The van der Waals surface area contributed by atoms with Crippen LogP contribution in [0, 0.1) is 0 Å². The number of hydrogen-bond acceptors (Lipinski definition) is 2. The number of carbonyl (C=O) groups is 1. The summed E-state index contributed by atoms with van der Waals surface area (Å²) in [6, 6.07) is 0. The summed E-state index contributed by atoms with van der Waals surface area (Å²) in [6.45, 7) is 0. The molecule has 0 bridgehead atoms. The van der Waals surface area contributed by atoms with E-state index < -0.39 is 0 Å². The monoisotopic (exact) mass is 98.0 g/mol. The Morgan fingerprint density at radius 1 is 1.60 bits per heavy atom. The van der Waals surface area contributed by atoms with Gasteiger partial charge in [0.2, 0.25) is 0 Å². The number of hydrogen-bond donors (Lipinski definition) is 0. The van der Waals surface area contributed by atoms with Crippen molar-refractivity contribution in [1.82, 2.24) is 0 Å². The summed E-state index contributed by atoms with van der Waals surface area (Å²) in [5, 5.41) is 1.03. The van der Waals surface area contributed by atoms with Crippen molar-refractivity contribution >= 4 is 53.4 Å². The maximum atomic E-state index is 9.01. The number of aldehydes is 1. The summed E-state index contributed by atoms with van der Waals surface area (Å²) < 4.78 is 0. The first-order valence-electron chi connectivity index (χ1n) is 0.805. The Morgan fingerprint density at radius 2 is 1.80 bits per heavy atom. The van der Waals surface area contributed by atoms with Crippen LogP contribution in [-0.4, -0.2) is 41.2 Å². The Bertz CT molecular complexity index is 30.6. The number of rotatable bonds is 1. The van der Waals surface area contributed by atoms with E-state index in [1.807, 2.05) is 0 Å². The second kappa shape index (κ2) is 8.83. The van der Waals surface area contributed by atoms with Crippen molar-refractivity contribution < 1.29 is 4.79 Å². The first-order chi connectivity index (χ1) is 1.91. The molecule has 0 radical (unpaired) electrons. The van der Waals surface area contributed by atoms with Gasteiger partial charge in [0.1, 0.15) is 0 Å². The zero-order valence-corrected chi connectivity index (χ0v) is 2.79. The van der Waals surface area contributed by atoms with Gasteiger partial charge in [-0.3, -0.25) is 4.79 Å². The third-order valence-electron chi connectivity index (χ3n) is 0.0556. The minimum atomic E-state index is 0. The molecule has 5 heavy (non-hydrogen) atoms. The van der Waals surface area contributed by atoms with Gasteiger partial charge in [0.25, 0.3) is 0 Å². The predicted octanol–water partition coefficient (Wildman–Crippen LogP) is -0.464. The molecule has 0 heterocycles. The zero-order valence-electron chi connectivity index (χ0n) is 1.97. The van der Waals surface area contributed by atoms with Crippen molar-refractivity contribution in [2.75, 3.05) is 0 Å². The van der Waals surface area contributed by atoms with Crippen molar-refractivity contribution in [2.45, 2.75) is 0 Å². The molecular weight excluding hydrogens is 95.1 g/mol. The third kappa shape index (κ3) is 11.7. The van der Waals surface area contributed by atoms with E-state index in [1.54, 1.807) is 0 Å². The van der Waals surface area contributed by atoms with Crippen LogP contribution in [0.2, 0.25) is 0 Å². The summed E-state index contributed by atoms with van der Waals surface area (Å²) in [5.41, 5.74) is 0. The topological polar surface area (TPSA) is 17.1 Å². The average Bonchev–Trinajstić information content (AvgIpc) is 1.37. The van der Waals surface area contributed by atoms with E-state index in [0.717, 1.165) is 5.37 Å². The molecule has 0 aliphatic carbocycles. The van der Waals surface area contributed by atoms with E-state index in [2.05, 4.69) is 12.2 Å². The SMILES string of the molecule is O=CC=S.[NaH]. The molecule has 0 saturated carbocycles. The molecule has 1 nitrogen and oxygen atoms in total. The first kappa shape index (κ1) is 9.23. The van der Waals surface area contributed by atoms with Crippen LogP contribution in [0.4, 0.5) is 0 Å². The van der Waals surface area contributed by atoms with Crippen molar-refractivity contribution in [3.63, 3.8) is 0 Å². The van der Waals surface area contributed by atoms with Crippen LogP contribution >= 0.6 is 12.2 Å². The van der Waals surface area contributed by atoms with E-state index in [9.17, 15) is 0 Å². The van der Waals surface area contributed by atoms with Gasteiger partial charge in [-0.25, -0.2) is 0 Å². The predicted molar refractivity (Wildman–Crippen MR) is 26.9 cm³/mol. The van der Waals surface area contributed by atoms with Crippen molar-refractivity contribution in [3.8, 4) is 0 Å². The molecule has 0 fully saturated rings. The fourth-order valence-electron chi connectivity index (χ4n) is 0. The molecule has 0 rings (SSSR count). The van der Waals surface area contributed by atoms with Crippen LogP contribution in [0.15, 0.2) is 0 Å². The summed E-state index contributed by atoms with van der Waals surface area (Å²) >= 11 is 4.06. The van der Waals surface area contributed by atoms with E-state index >= 15 is 0 Å². The Labute approximate surface area is 58.0 Å². The average molecular weight is 98.1 g/mol. The van der Waals surface area contributed by atoms with Gasteiger partial charge in [0, 0.05) is 5.37 Å². The molecule has 0 aromatic rings. The molecule has 0 aromatic carbocycles. The van der Waals surface area contributed by atoms with Gasteiger partial charge < -0.3 is 0 Å². The summed E-state index contributed by atoms with van der Waals surface area (Å²) in [4.78, 5) is 9.01. The van der Waals surface area contributed by atoms with E-state index in [1.165, 1.54) is 0 Å². The fourth-order valence-corrected chi connectivity index (χ4v) is 0. The molecule has 0 amide bonds. The van der Waals surface area contributed by atoms with Crippen molar-refractivity contribution in [3.05, 3.63) is 0 Å². The van der Waals surface area contributed by atoms with Gasteiger partial charge in [-0.2, -0.15) is 0 Å². The van der Waals surface area contributed by atoms with Gasteiger partial charge in [-0.15, -0.1) is 0 Å². The number of carbonyl (C=O) groups excluding carboxylic acids is 1. The molecular formula is C2H3NaOS. The molecule has 0 aliphatic heterocycles. The molecule has 0 aromatic heterocycles. The molecule has 0 saturated heterocycles. The van der Waals surface area contributed by atoms with Crippen molar-refractivity contribution in [1.29, 1.82) is 0 Å². The second-order valence-electron chi connectivity index (χ2n) is 0.272. The molecule has 24 valence electrons. The van der Waals surface area contributed by atoms with E-state index in [0.29, 0.717) is 6.29 Å². The molecule has 0 atom stereocenters. The quantitative estimate of drug-likeness (QED) is 0.251.